The molecule has 0 bridgehead atoms. The molecule has 0 fully saturated rings. The predicted octanol–water partition coefficient (Wildman–Crippen LogP) is 2.49. The molecule has 25 heavy (non-hydrogen) atoms. The SMILES string of the molecule is Cc1cc(C(=O)O[C@@H](C)C(=O)NCc2ccc3c(c2)OCO3)c(C)o1. The molecule has 0 aliphatic carbocycles. The van der Waals surface area contributed by atoms with Crippen LogP contribution in [0.1, 0.15) is 34.4 Å². The molecule has 7 heteroatoms. The van der Waals surface area contributed by atoms with Gasteiger partial charge in [-0.3, -0.25) is 4.79 Å². The lowest BCUT2D eigenvalue weighted by atomic mass is 10.2. The van der Waals surface area contributed by atoms with E-state index in [0.717, 1.165) is 5.56 Å². The Labute approximate surface area is 144 Å². The second-order valence-corrected chi connectivity index (χ2v) is 5.78. The molecule has 0 saturated carbocycles. The molecule has 132 valence electrons. The summed E-state index contributed by atoms with van der Waals surface area (Å²) in [7, 11) is 0. The van der Waals surface area contributed by atoms with Gasteiger partial charge >= 0.3 is 5.97 Å². The number of rotatable bonds is 5. The first-order chi connectivity index (χ1) is 11.9. The number of esters is 1. The van der Waals surface area contributed by atoms with E-state index in [4.69, 9.17) is 18.6 Å². The number of hydrogen-bond donors (Lipinski definition) is 1. The molecule has 1 aromatic heterocycles. The van der Waals surface area contributed by atoms with Crippen molar-refractivity contribution in [3.8, 4) is 11.5 Å². The molecule has 1 atom stereocenters. The minimum atomic E-state index is -0.920. The second kappa shape index (κ2) is 6.88. The number of furan rings is 1. The van der Waals surface area contributed by atoms with Gasteiger partial charge in [0.2, 0.25) is 6.79 Å². The Kier molecular flexibility index (Phi) is 4.65. The van der Waals surface area contributed by atoms with Gasteiger partial charge in [-0.1, -0.05) is 6.07 Å². The van der Waals surface area contributed by atoms with E-state index >= 15 is 0 Å². The first kappa shape index (κ1) is 16.9. The van der Waals surface area contributed by atoms with Crippen LogP contribution in [0.3, 0.4) is 0 Å². The van der Waals surface area contributed by atoms with Crippen LogP contribution in [0.25, 0.3) is 0 Å². The van der Waals surface area contributed by atoms with E-state index in [-0.39, 0.29) is 12.7 Å². The summed E-state index contributed by atoms with van der Waals surface area (Å²) in [4.78, 5) is 24.2. The minimum absolute atomic E-state index is 0.199. The van der Waals surface area contributed by atoms with Gasteiger partial charge in [-0.2, -0.15) is 0 Å². The van der Waals surface area contributed by atoms with Crippen molar-refractivity contribution in [1.82, 2.24) is 5.32 Å². The third-order valence-electron chi connectivity index (χ3n) is 3.82. The number of hydrogen-bond acceptors (Lipinski definition) is 6. The molecule has 7 nitrogen and oxygen atoms in total. The lowest BCUT2D eigenvalue weighted by molar-refractivity contribution is -0.129. The Morgan fingerprint density at radius 2 is 1.96 bits per heavy atom. The van der Waals surface area contributed by atoms with Gasteiger partial charge in [0.15, 0.2) is 17.6 Å². The predicted molar refractivity (Wildman–Crippen MR) is 87.5 cm³/mol. The average Bonchev–Trinajstić information content (AvgIpc) is 3.17. The second-order valence-electron chi connectivity index (χ2n) is 5.78. The molecule has 1 aliphatic rings. The van der Waals surface area contributed by atoms with Crippen molar-refractivity contribution in [3.63, 3.8) is 0 Å². The monoisotopic (exact) mass is 345 g/mol. The van der Waals surface area contributed by atoms with Crippen molar-refractivity contribution in [3.05, 3.63) is 46.9 Å². The number of carbonyl (C=O) groups excluding carboxylic acids is 2. The zero-order valence-electron chi connectivity index (χ0n) is 14.3. The molecular formula is C18H19NO6. The zero-order chi connectivity index (χ0) is 18.0. The zero-order valence-corrected chi connectivity index (χ0v) is 14.3. The third-order valence-corrected chi connectivity index (χ3v) is 3.82. The van der Waals surface area contributed by atoms with Crippen LogP contribution < -0.4 is 14.8 Å². The van der Waals surface area contributed by atoms with E-state index in [2.05, 4.69) is 5.32 Å². The van der Waals surface area contributed by atoms with Crippen LogP contribution >= 0.6 is 0 Å². The molecule has 2 aromatic rings. The highest BCUT2D eigenvalue weighted by atomic mass is 16.7. The highest BCUT2D eigenvalue weighted by Crippen LogP contribution is 2.32. The molecule has 1 aromatic carbocycles. The summed E-state index contributed by atoms with van der Waals surface area (Å²) in [5.74, 6) is 1.45. The largest absolute Gasteiger partial charge is 0.466 e. The first-order valence-electron chi connectivity index (χ1n) is 7.88. The minimum Gasteiger partial charge on any atom is -0.466 e. The summed E-state index contributed by atoms with van der Waals surface area (Å²) in [5.41, 5.74) is 1.19. The number of nitrogens with one attached hydrogen (secondary N) is 1. The van der Waals surface area contributed by atoms with Crippen molar-refractivity contribution in [1.29, 1.82) is 0 Å². The van der Waals surface area contributed by atoms with E-state index in [1.54, 1.807) is 32.0 Å². The highest BCUT2D eigenvalue weighted by Gasteiger charge is 2.22. The van der Waals surface area contributed by atoms with Crippen molar-refractivity contribution in [2.24, 2.45) is 0 Å². The summed E-state index contributed by atoms with van der Waals surface area (Å²) in [6, 6.07) is 7.02. The van der Waals surface area contributed by atoms with Crippen LogP contribution in [0, 0.1) is 13.8 Å². The molecular weight excluding hydrogens is 326 g/mol. The average molecular weight is 345 g/mol. The van der Waals surface area contributed by atoms with E-state index in [9.17, 15) is 9.59 Å². The van der Waals surface area contributed by atoms with E-state index in [1.807, 2.05) is 6.07 Å². The lowest BCUT2D eigenvalue weighted by Gasteiger charge is -2.13. The van der Waals surface area contributed by atoms with Crippen LogP contribution in [0.15, 0.2) is 28.7 Å². The van der Waals surface area contributed by atoms with Gasteiger partial charge in [0, 0.05) is 6.54 Å². The van der Waals surface area contributed by atoms with Crippen LogP contribution in [0.2, 0.25) is 0 Å². The molecule has 1 amide bonds. The molecule has 0 unspecified atom stereocenters. The summed E-state index contributed by atoms with van der Waals surface area (Å²) in [5, 5.41) is 2.73. The molecule has 2 heterocycles. The molecule has 0 radical (unpaired) electrons. The Balaban J connectivity index is 1.54. The normalized spacial score (nSPS) is 13.4. The Hall–Kier alpha value is -2.96. The quantitative estimate of drug-likeness (QED) is 0.838. The maximum absolute atomic E-state index is 12.1. The van der Waals surface area contributed by atoms with Crippen molar-refractivity contribution >= 4 is 11.9 Å². The molecule has 1 aliphatic heterocycles. The Morgan fingerprint density at radius 1 is 1.20 bits per heavy atom. The van der Waals surface area contributed by atoms with Gasteiger partial charge in [0.25, 0.3) is 5.91 Å². The van der Waals surface area contributed by atoms with Gasteiger partial charge in [-0.25, -0.2) is 4.79 Å². The third kappa shape index (κ3) is 3.76. The fourth-order valence-electron chi connectivity index (χ4n) is 2.49. The molecule has 0 spiro atoms. The number of benzene rings is 1. The topological polar surface area (TPSA) is 87.0 Å². The van der Waals surface area contributed by atoms with Crippen molar-refractivity contribution in [2.45, 2.75) is 33.4 Å². The lowest BCUT2D eigenvalue weighted by Crippen LogP contribution is -2.35. The van der Waals surface area contributed by atoms with E-state index < -0.39 is 12.1 Å². The van der Waals surface area contributed by atoms with Crippen LogP contribution in [0.4, 0.5) is 0 Å². The fraction of sp³-hybridized carbons (Fsp3) is 0.333. The summed E-state index contributed by atoms with van der Waals surface area (Å²) in [6.45, 7) is 5.43. The van der Waals surface area contributed by atoms with Crippen molar-refractivity contribution in [2.75, 3.05) is 6.79 Å². The fourth-order valence-corrected chi connectivity index (χ4v) is 2.49. The van der Waals surface area contributed by atoms with Gasteiger partial charge < -0.3 is 23.9 Å². The Bertz CT molecular complexity index is 810. The molecule has 3 rings (SSSR count). The van der Waals surface area contributed by atoms with Gasteiger partial charge in [-0.15, -0.1) is 0 Å². The standard InChI is InChI=1S/C18H19NO6/c1-10-6-14(11(2)24-10)18(21)25-12(3)17(20)19-8-13-4-5-15-16(7-13)23-9-22-15/h4-7,12H,8-9H2,1-3H3,(H,19,20)/t12-/m0/s1. The summed E-state index contributed by atoms with van der Waals surface area (Å²) < 4.78 is 21.0. The maximum atomic E-state index is 12.1. The van der Waals surface area contributed by atoms with Crippen LogP contribution in [0.5, 0.6) is 11.5 Å². The van der Waals surface area contributed by atoms with Gasteiger partial charge in [-0.05, 0) is 44.5 Å². The highest BCUT2D eigenvalue weighted by molar-refractivity contribution is 5.93. The molecule has 1 N–H and O–H groups in total. The van der Waals surface area contributed by atoms with Gasteiger partial charge in [0.1, 0.15) is 17.1 Å². The summed E-state index contributed by atoms with van der Waals surface area (Å²) >= 11 is 0. The molecule has 0 saturated heterocycles. The van der Waals surface area contributed by atoms with Gasteiger partial charge in [0.05, 0.1) is 0 Å². The van der Waals surface area contributed by atoms with Crippen LogP contribution in [-0.2, 0) is 16.1 Å². The number of fused-ring (bicyclic) bond motifs is 1. The van der Waals surface area contributed by atoms with Crippen molar-refractivity contribution < 1.29 is 28.2 Å². The smallest absolute Gasteiger partial charge is 0.342 e. The number of amides is 1. The first-order valence-corrected chi connectivity index (χ1v) is 7.88. The maximum Gasteiger partial charge on any atom is 0.342 e. The number of carbonyl (C=O) groups is 2. The van der Waals surface area contributed by atoms with Crippen LogP contribution in [-0.4, -0.2) is 24.8 Å². The van der Waals surface area contributed by atoms with E-state index in [1.165, 1.54) is 6.92 Å². The summed E-state index contributed by atoms with van der Waals surface area (Å²) in [6.07, 6.45) is -0.920. The van der Waals surface area contributed by atoms with E-state index in [0.29, 0.717) is 35.1 Å². The Morgan fingerprint density at radius 3 is 2.68 bits per heavy atom. The number of ether oxygens (including phenoxy) is 3. The number of aryl methyl sites for hydroxylation is 2.